The van der Waals surface area contributed by atoms with Gasteiger partial charge in [0.15, 0.2) is 0 Å². The molecule has 1 aromatic heterocycles. The minimum absolute atomic E-state index is 0.0149. The standard InChI is InChI=1S/C18H13F3N4O2/c19-18(20,21)13-3-1-2-4-14(13)24-17-22-10-9-15(25-17)23-12-7-5-11(6-8-12)16(26)27/h1-10H,(H,26,27)(H2,22,23,24,25). The van der Waals surface area contributed by atoms with E-state index in [-0.39, 0.29) is 17.2 Å². The Balaban J connectivity index is 1.79. The van der Waals surface area contributed by atoms with Crippen molar-refractivity contribution in [1.29, 1.82) is 0 Å². The zero-order valence-corrected chi connectivity index (χ0v) is 13.7. The lowest BCUT2D eigenvalue weighted by atomic mass is 10.1. The van der Waals surface area contributed by atoms with Gasteiger partial charge in [-0.1, -0.05) is 12.1 Å². The number of nitrogens with one attached hydrogen (secondary N) is 2. The van der Waals surface area contributed by atoms with Crippen LogP contribution in [0.5, 0.6) is 0 Å². The van der Waals surface area contributed by atoms with Crippen LogP contribution in [-0.2, 0) is 6.18 Å². The Morgan fingerprint density at radius 1 is 0.963 bits per heavy atom. The Bertz CT molecular complexity index is 959. The van der Waals surface area contributed by atoms with Crippen LogP contribution < -0.4 is 10.6 Å². The largest absolute Gasteiger partial charge is 0.478 e. The number of para-hydroxylation sites is 1. The van der Waals surface area contributed by atoms with Gasteiger partial charge < -0.3 is 15.7 Å². The van der Waals surface area contributed by atoms with Gasteiger partial charge in [-0.3, -0.25) is 0 Å². The molecule has 0 unspecified atom stereocenters. The van der Waals surface area contributed by atoms with E-state index >= 15 is 0 Å². The van der Waals surface area contributed by atoms with Gasteiger partial charge >= 0.3 is 12.1 Å². The van der Waals surface area contributed by atoms with E-state index in [1.165, 1.54) is 42.6 Å². The maximum Gasteiger partial charge on any atom is 0.418 e. The van der Waals surface area contributed by atoms with Crippen molar-refractivity contribution in [2.24, 2.45) is 0 Å². The Hall–Kier alpha value is -3.62. The molecular formula is C18H13F3N4O2. The van der Waals surface area contributed by atoms with Gasteiger partial charge in [0.2, 0.25) is 5.95 Å². The van der Waals surface area contributed by atoms with Crippen LogP contribution in [0.1, 0.15) is 15.9 Å². The maximum absolute atomic E-state index is 13.1. The van der Waals surface area contributed by atoms with E-state index in [4.69, 9.17) is 5.11 Å². The summed E-state index contributed by atoms with van der Waals surface area (Å²) in [6.07, 6.45) is -3.12. The zero-order valence-electron chi connectivity index (χ0n) is 13.7. The smallest absolute Gasteiger partial charge is 0.418 e. The highest BCUT2D eigenvalue weighted by Gasteiger charge is 2.33. The van der Waals surface area contributed by atoms with E-state index in [9.17, 15) is 18.0 Å². The molecule has 0 aliphatic carbocycles. The lowest BCUT2D eigenvalue weighted by Gasteiger charge is -2.14. The molecule has 3 N–H and O–H groups in total. The first kappa shape index (κ1) is 18.2. The molecule has 0 atom stereocenters. The third-order valence-corrected chi connectivity index (χ3v) is 3.54. The Kier molecular flexibility index (Phi) is 4.93. The maximum atomic E-state index is 13.1. The fraction of sp³-hybridized carbons (Fsp3) is 0.0556. The van der Waals surface area contributed by atoms with Crippen LogP contribution in [0.15, 0.2) is 60.8 Å². The molecule has 1 heterocycles. The summed E-state index contributed by atoms with van der Waals surface area (Å²) in [4.78, 5) is 18.9. The van der Waals surface area contributed by atoms with E-state index in [1.807, 2.05) is 0 Å². The number of alkyl halides is 3. The van der Waals surface area contributed by atoms with Gasteiger partial charge in [-0.05, 0) is 42.5 Å². The molecule has 3 aromatic rings. The summed E-state index contributed by atoms with van der Waals surface area (Å²) < 4.78 is 39.2. The average Bonchev–Trinajstić information content (AvgIpc) is 2.62. The SMILES string of the molecule is O=C(O)c1ccc(Nc2ccnc(Nc3ccccc3C(F)(F)F)n2)cc1. The van der Waals surface area contributed by atoms with Gasteiger partial charge in [0.05, 0.1) is 16.8 Å². The number of nitrogens with zero attached hydrogens (tertiary/aromatic N) is 2. The van der Waals surface area contributed by atoms with Crippen molar-refractivity contribution >= 4 is 29.1 Å². The molecule has 0 saturated heterocycles. The van der Waals surface area contributed by atoms with Crippen molar-refractivity contribution in [3.05, 3.63) is 71.9 Å². The number of benzene rings is 2. The van der Waals surface area contributed by atoms with Crippen LogP contribution in [0.4, 0.5) is 36.3 Å². The highest BCUT2D eigenvalue weighted by atomic mass is 19.4. The van der Waals surface area contributed by atoms with Crippen molar-refractivity contribution in [3.63, 3.8) is 0 Å². The van der Waals surface area contributed by atoms with Crippen LogP contribution >= 0.6 is 0 Å². The summed E-state index contributed by atoms with van der Waals surface area (Å²) >= 11 is 0. The molecule has 0 aliphatic heterocycles. The van der Waals surface area contributed by atoms with E-state index < -0.39 is 17.7 Å². The van der Waals surface area contributed by atoms with E-state index in [0.717, 1.165) is 6.07 Å². The second kappa shape index (κ2) is 7.32. The van der Waals surface area contributed by atoms with Crippen molar-refractivity contribution in [3.8, 4) is 0 Å². The van der Waals surface area contributed by atoms with E-state index in [2.05, 4.69) is 20.6 Å². The number of carboxylic acids is 1. The monoisotopic (exact) mass is 374 g/mol. The van der Waals surface area contributed by atoms with Crippen molar-refractivity contribution < 1.29 is 23.1 Å². The number of halogens is 3. The van der Waals surface area contributed by atoms with Crippen LogP contribution in [0, 0.1) is 0 Å². The number of aromatic nitrogens is 2. The van der Waals surface area contributed by atoms with Gasteiger partial charge in [0.25, 0.3) is 0 Å². The molecule has 138 valence electrons. The first-order chi connectivity index (χ1) is 12.8. The number of rotatable bonds is 5. The minimum Gasteiger partial charge on any atom is -0.478 e. The topological polar surface area (TPSA) is 87.1 Å². The fourth-order valence-electron chi connectivity index (χ4n) is 2.29. The summed E-state index contributed by atoms with van der Waals surface area (Å²) in [5, 5.41) is 14.4. The third kappa shape index (κ3) is 4.51. The number of hydrogen-bond acceptors (Lipinski definition) is 5. The zero-order chi connectivity index (χ0) is 19.4. The minimum atomic E-state index is -4.51. The molecule has 0 amide bonds. The molecule has 9 heteroatoms. The van der Waals surface area contributed by atoms with Crippen LogP contribution in [0.2, 0.25) is 0 Å². The highest BCUT2D eigenvalue weighted by Crippen LogP contribution is 2.35. The molecule has 0 spiro atoms. The summed E-state index contributed by atoms with van der Waals surface area (Å²) in [6.45, 7) is 0. The predicted octanol–water partition coefficient (Wildman–Crippen LogP) is 4.68. The molecule has 27 heavy (non-hydrogen) atoms. The van der Waals surface area contributed by atoms with Gasteiger partial charge in [0, 0.05) is 11.9 Å². The number of hydrogen-bond donors (Lipinski definition) is 3. The van der Waals surface area contributed by atoms with Crippen LogP contribution in [-0.4, -0.2) is 21.0 Å². The fourth-order valence-corrected chi connectivity index (χ4v) is 2.29. The summed E-state index contributed by atoms with van der Waals surface area (Å²) in [7, 11) is 0. The molecular weight excluding hydrogens is 361 g/mol. The van der Waals surface area contributed by atoms with E-state index in [1.54, 1.807) is 12.1 Å². The Labute approximate surface area is 151 Å². The molecule has 2 aromatic carbocycles. The molecule has 0 fully saturated rings. The van der Waals surface area contributed by atoms with Crippen molar-refractivity contribution in [2.75, 3.05) is 10.6 Å². The molecule has 6 nitrogen and oxygen atoms in total. The number of anilines is 4. The summed E-state index contributed by atoms with van der Waals surface area (Å²) in [5.41, 5.74) is -0.279. The van der Waals surface area contributed by atoms with Crippen LogP contribution in [0.25, 0.3) is 0 Å². The van der Waals surface area contributed by atoms with Gasteiger partial charge in [-0.2, -0.15) is 18.2 Å². The first-order valence-corrected chi connectivity index (χ1v) is 7.69. The van der Waals surface area contributed by atoms with Gasteiger partial charge in [0.1, 0.15) is 5.82 Å². The number of carbonyl (C=O) groups is 1. The first-order valence-electron chi connectivity index (χ1n) is 7.69. The van der Waals surface area contributed by atoms with E-state index in [0.29, 0.717) is 11.5 Å². The lowest BCUT2D eigenvalue weighted by molar-refractivity contribution is -0.136. The van der Waals surface area contributed by atoms with Crippen molar-refractivity contribution in [2.45, 2.75) is 6.18 Å². The molecule has 0 radical (unpaired) electrons. The van der Waals surface area contributed by atoms with Crippen LogP contribution in [0.3, 0.4) is 0 Å². The average molecular weight is 374 g/mol. The van der Waals surface area contributed by atoms with Crippen molar-refractivity contribution in [1.82, 2.24) is 9.97 Å². The normalized spacial score (nSPS) is 11.1. The molecule has 3 rings (SSSR count). The van der Waals surface area contributed by atoms with Gasteiger partial charge in [-0.15, -0.1) is 0 Å². The number of carboxylic acid groups (broad SMARTS) is 1. The molecule has 0 aliphatic rings. The Morgan fingerprint density at radius 3 is 2.33 bits per heavy atom. The predicted molar refractivity (Wildman–Crippen MR) is 93.4 cm³/mol. The second-order valence-electron chi connectivity index (χ2n) is 5.44. The Morgan fingerprint density at radius 2 is 1.67 bits per heavy atom. The second-order valence-corrected chi connectivity index (χ2v) is 5.44. The summed E-state index contributed by atoms with van der Waals surface area (Å²) in [6, 6.07) is 12.5. The number of aromatic carboxylic acids is 1. The molecule has 0 saturated carbocycles. The highest BCUT2D eigenvalue weighted by molar-refractivity contribution is 5.88. The summed E-state index contributed by atoms with van der Waals surface area (Å²) in [5.74, 6) is -0.725. The third-order valence-electron chi connectivity index (χ3n) is 3.54. The quantitative estimate of drug-likeness (QED) is 0.601. The molecule has 0 bridgehead atoms. The van der Waals surface area contributed by atoms with Gasteiger partial charge in [-0.25, -0.2) is 9.78 Å². The lowest BCUT2D eigenvalue weighted by Crippen LogP contribution is -2.09.